The van der Waals surface area contributed by atoms with Crippen LogP contribution in [0.3, 0.4) is 0 Å². The average Bonchev–Trinajstić information content (AvgIpc) is 3.31. The van der Waals surface area contributed by atoms with Crippen LogP contribution in [0.15, 0.2) is 54.1 Å². The van der Waals surface area contributed by atoms with E-state index in [1.54, 1.807) is 31.2 Å². The van der Waals surface area contributed by atoms with E-state index in [0.717, 1.165) is 21.8 Å². The molecule has 1 amide bonds. The van der Waals surface area contributed by atoms with E-state index in [9.17, 15) is 23.9 Å². The van der Waals surface area contributed by atoms with Gasteiger partial charge in [-0.3, -0.25) is 14.5 Å². The molecule has 7 nitrogen and oxygen atoms in total. The summed E-state index contributed by atoms with van der Waals surface area (Å²) in [5.41, 5.74) is 1.90. The summed E-state index contributed by atoms with van der Waals surface area (Å²) in [7, 11) is 1.23. The number of aromatic nitrogens is 1. The molecule has 1 fully saturated rings. The molecule has 0 spiro atoms. The van der Waals surface area contributed by atoms with Gasteiger partial charge in [-0.1, -0.05) is 53.3 Å². The fourth-order valence-electron chi connectivity index (χ4n) is 3.62. The molecule has 0 saturated carbocycles. The van der Waals surface area contributed by atoms with Gasteiger partial charge in [0.1, 0.15) is 16.5 Å². The molecule has 2 aromatic carbocycles. The molecule has 3 aromatic rings. The van der Waals surface area contributed by atoms with Gasteiger partial charge in [0, 0.05) is 5.56 Å². The molecule has 1 atom stereocenters. The lowest BCUT2D eigenvalue weighted by molar-refractivity contribution is -0.132. The molecule has 2 heterocycles. The van der Waals surface area contributed by atoms with E-state index in [2.05, 4.69) is 4.98 Å². The number of esters is 1. The maximum absolute atomic E-state index is 13.6. The van der Waals surface area contributed by atoms with E-state index in [-0.39, 0.29) is 21.3 Å². The van der Waals surface area contributed by atoms with Gasteiger partial charge in [-0.25, -0.2) is 14.2 Å². The van der Waals surface area contributed by atoms with Crippen LogP contribution in [-0.2, 0) is 14.3 Å². The predicted octanol–water partition coefficient (Wildman–Crippen LogP) is 4.31. The van der Waals surface area contributed by atoms with Crippen LogP contribution in [0, 0.1) is 19.7 Å². The molecule has 0 aliphatic carbocycles. The van der Waals surface area contributed by atoms with Crippen molar-refractivity contribution in [1.29, 1.82) is 0 Å². The number of carbonyl (C=O) groups excluding carboxylic acids is 3. The number of benzene rings is 2. The Bertz CT molecular complexity index is 1300. The Balaban J connectivity index is 1.93. The lowest BCUT2D eigenvalue weighted by atomic mass is 9.95. The molecule has 1 saturated heterocycles. The number of aryl methyl sites for hydroxylation is 2. The molecule has 4 rings (SSSR count). The number of halogens is 1. The van der Waals surface area contributed by atoms with Crippen molar-refractivity contribution in [1.82, 2.24) is 4.98 Å². The first-order valence-corrected chi connectivity index (χ1v) is 10.7. The number of anilines is 1. The average molecular weight is 466 g/mol. The third-order valence-corrected chi connectivity index (χ3v) is 6.45. The van der Waals surface area contributed by atoms with E-state index in [0.29, 0.717) is 16.8 Å². The number of thiazole rings is 1. The third kappa shape index (κ3) is 3.91. The maximum atomic E-state index is 13.6. The van der Waals surface area contributed by atoms with Crippen LogP contribution >= 0.6 is 11.3 Å². The van der Waals surface area contributed by atoms with E-state index in [1.807, 2.05) is 6.92 Å². The summed E-state index contributed by atoms with van der Waals surface area (Å²) >= 11 is 0.897. The highest BCUT2D eigenvalue weighted by molar-refractivity contribution is 7.17. The second-order valence-electron chi connectivity index (χ2n) is 7.49. The van der Waals surface area contributed by atoms with Crippen LogP contribution in [0.2, 0.25) is 0 Å². The van der Waals surface area contributed by atoms with Gasteiger partial charge in [0.25, 0.3) is 5.78 Å². The van der Waals surface area contributed by atoms with Crippen LogP contribution in [0.4, 0.5) is 9.52 Å². The van der Waals surface area contributed by atoms with Gasteiger partial charge in [-0.05, 0) is 31.5 Å². The minimum atomic E-state index is -1.07. The van der Waals surface area contributed by atoms with Crippen LogP contribution in [-0.4, -0.2) is 34.9 Å². The van der Waals surface area contributed by atoms with Crippen LogP contribution < -0.4 is 4.90 Å². The number of amides is 1. The monoisotopic (exact) mass is 466 g/mol. The van der Waals surface area contributed by atoms with Crippen molar-refractivity contribution in [2.45, 2.75) is 19.9 Å². The highest BCUT2D eigenvalue weighted by Gasteiger charge is 2.48. The molecule has 0 bridgehead atoms. The van der Waals surface area contributed by atoms with Gasteiger partial charge in [0.05, 0.1) is 24.4 Å². The molecule has 1 N–H and O–H groups in total. The zero-order chi connectivity index (χ0) is 23.9. The normalized spacial score (nSPS) is 17.5. The summed E-state index contributed by atoms with van der Waals surface area (Å²) in [6, 6.07) is 11.0. The first-order valence-electron chi connectivity index (χ1n) is 9.92. The number of ether oxygens (including phenoxy) is 1. The Kier molecular flexibility index (Phi) is 5.82. The number of carbonyl (C=O) groups is 3. The smallest absolute Gasteiger partial charge is 0.350 e. The quantitative estimate of drug-likeness (QED) is 0.266. The van der Waals surface area contributed by atoms with Gasteiger partial charge in [-0.15, -0.1) is 0 Å². The first-order chi connectivity index (χ1) is 15.7. The van der Waals surface area contributed by atoms with Crippen LogP contribution in [0.5, 0.6) is 0 Å². The zero-order valence-corrected chi connectivity index (χ0v) is 18.8. The van der Waals surface area contributed by atoms with Crippen molar-refractivity contribution in [3.63, 3.8) is 0 Å². The Morgan fingerprint density at radius 3 is 2.33 bits per heavy atom. The summed E-state index contributed by atoms with van der Waals surface area (Å²) in [4.78, 5) is 43.9. The number of methoxy groups -OCH3 is 1. The Morgan fingerprint density at radius 2 is 1.73 bits per heavy atom. The number of hydrogen-bond acceptors (Lipinski definition) is 7. The van der Waals surface area contributed by atoms with Gasteiger partial charge in [0.2, 0.25) is 0 Å². The van der Waals surface area contributed by atoms with Crippen molar-refractivity contribution in [3.8, 4) is 0 Å². The van der Waals surface area contributed by atoms with E-state index in [1.165, 1.54) is 31.4 Å². The van der Waals surface area contributed by atoms with Gasteiger partial charge >= 0.3 is 11.9 Å². The number of aliphatic hydroxyl groups is 1. The molecule has 9 heteroatoms. The summed E-state index contributed by atoms with van der Waals surface area (Å²) in [6.07, 6.45) is 0. The number of nitrogens with zero attached hydrogens (tertiary/aromatic N) is 2. The highest BCUT2D eigenvalue weighted by atomic mass is 32.1. The number of rotatable bonds is 4. The Labute approximate surface area is 192 Å². The number of ketones is 1. The van der Waals surface area contributed by atoms with Crippen molar-refractivity contribution >= 4 is 39.9 Å². The Morgan fingerprint density at radius 1 is 1.09 bits per heavy atom. The summed E-state index contributed by atoms with van der Waals surface area (Å²) < 4.78 is 18.4. The van der Waals surface area contributed by atoms with E-state index in [4.69, 9.17) is 4.74 Å². The highest BCUT2D eigenvalue weighted by Crippen LogP contribution is 2.43. The van der Waals surface area contributed by atoms with Crippen molar-refractivity contribution in [3.05, 3.63) is 87.2 Å². The SMILES string of the molecule is COC(=O)c1sc(N2C(=O)C(=O)C(=C(O)c3ccc(C)cc3)[C@@H]2c2ccc(F)cc2)nc1C. The summed E-state index contributed by atoms with van der Waals surface area (Å²) in [5.74, 6) is -3.29. The Hall–Kier alpha value is -3.85. The van der Waals surface area contributed by atoms with Gasteiger partial charge < -0.3 is 9.84 Å². The standard InChI is InChI=1S/C24H19FN2O5S/c1-12-4-6-15(7-5-12)19(28)17-18(14-8-10-16(25)11-9-14)27(22(30)20(17)29)24-26-13(2)21(33-24)23(31)32-3/h4-11,18,28H,1-3H3/t18-/m0/s1. The number of Topliss-reactive ketones (excluding diaryl/α,β-unsaturated/α-hetero) is 1. The molecule has 1 aliphatic heterocycles. The van der Waals surface area contributed by atoms with Gasteiger partial charge in [-0.2, -0.15) is 0 Å². The van der Waals surface area contributed by atoms with E-state index >= 15 is 0 Å². The molecule has 0 unspecified atom stereocenters. The van der Waals surface area contributed by atoms with Gasteiger partial charge in [0.15, 0.2) is 5.13 Å². The second kappa shape index (κ2) is 8.59. The molecule has 168 valence electrons. The second-order valence-corrected chi connectivity index (χ2v) is 8.47. The lowest BCUT2D eigenvalue weighted by Crippen LogP contribution is -2.29. The first kappa shape index (κ1) is 22.3. The lowest BCUT2D eigenvalue weighted by Gasteiger charge is -2.23. The minimum Gasteiger partial charge on any atom is -0.507 e. The molecular weight excluding hydrogens is 447 g/mol. The minimum absolute atomic E-state index is 0.0901. The largest absolute Gasteiger partial charge is 0.507 e. The molecule has 1 aromatic heterocycles. The summed E-state index contributed by atoms with van der Waals surface area (Å²) in [6.45, 7) is 3.47. The molecule has 1 aliphatic rings. The van der Waals surface area contributed by atoms with Crippen LogP contribution in [0.25, 0.3) is 5.76 Å². The third-order valence-electron chi connectivity index (χ3n) is 5.32. The fraction of sp³-hybridized carbons (Fsp3) is 0.167. The van der Waals surface area contributed by atoms with Crippen molar-refractivity contribution in [2.75, 3.05) is 12.0 Å². The zero-order valence-electron chi connectivity index (χ0n) is 18.0. The predicted molar refractivity (Wildman–Crippen MR) is 121 cm³/mol. The molecule has 0 radical (unpaired) electrons. The fourth-order valence-corrected chi connectivity index (χ4v) is 4.64. The number of hydrogen-bond donors (Lipinski definition) is 1. The molecular formula is C24H19FN2O5S. The summed E-state index contributed by atoms with van der Waals surface area (Å²) in [5, 5.41) is 11.1. The van der Waals surface area contributed by atoms with Crippen molar-refractivity contribution in [2.24, 2.45) is 0 Å². The number of aliphatic hydroxyl groups excluding tert-OH is 1. The van der Waals surface area contributed by atoms with Crippen LogP contribution in [0.1, 0.15) is 38.1 Å². The van der Waals surface area contributed by atoms with E-state index < -0.39 is 29.5 Å². The topological polar surface area (TPSA) is 96.8 Å². The maximum Gasteiger partial charge on any atom is 0.350 e. The van der Waals surface area contributed by atoms with Crippen molar-refractivity contribution < 1.29 is 28.6 Å². The molecule has 33 heavy (non-hydrogen) atoms.